The van der Waals surface area contributed by atoms with Gasteiger partial charge in [-0.3, -0.25) is 4.79 Å². The van der Waals surface area contributed by atoms with Gasteiger partial charge in [0.05, 0.1) is 11.3 Å². The number of anilines is 2. The quantitative estimate of drug-likeness (QED) is 0.435. The van der Waals surface area contributed by atoms with Crippen molar-refractivity contribution >= 4 is 33.3 Å². The number of nitrogens with one attached hydrogen (secondary N) is 1. The standard InChI is InChI=1S/C34H43N5O4S/c1-24-25(2)27(4)33(28(5)26(24)3)44(42,43)39-21-19-38(20-22-39)34(41)35-30-13-11-29(12-14-30)23-32(40)37-17-15-36(16-18-37)31-9-7-6-8-10-31/h6-14H,15-23H2,1-5H3,(H,35,41). The van der Waals surface area contributed by atoms with Gasteiger partial charge in [0.1, 0.15) is 0 Å². The SMILES string of the molecule is Cc1c(C)c(C)c(S(=O)(=O)N2CCN(C(=O)Nc3ccc(CC(=O)N4CCN(c5ccccc5)CC4)cc3)CC2)c(C)c1C. The van der Waals surface area contributed by atoms with E-state index in [1.165, 1.54) is 9.99 Å². The van der Waals surface area contributed by atoms with E-state index in [1.54, 1.807) is 4.90 Å². The first-order valence-corrected chi connectivity index (χ1v) is 16.7. The second-order valence-corrected chi connectivity index (χ2v) is 13.7. The normalized spacial score (nSPS) is 16.2. The molecule has 44 heavy (non-hydrogen) atoms. The monoisotopic (exact) mass is 617 g/mol. The summed E-state index contributed by atoms with van der Waals surface area (Å²) < 4.78 is 28.8. The van der Waals surface area contributed by atoms with Crippen LogP contribution in [-0.2, 0) is 21.2 Å². The first kappa shape index (κ1) is 31.5. The van der Waals surface area contributed by atoms with Gasteiger partial charge in [0.2, 0.25) is 15.9 Å². The molecular weight excluding hydrogens is 574 g/mol. The third-order valence-electron chi connectivity index (χ3n) is 9.37. The Hall–Kier alpha value is -3.89. The van der Waals surface area contributed by atoms with Gasteiger partial charge >= 0.3 is 6.03 Å². The number of amides is 3. The molecule has 3 aromatic carbocycles. The van der Waals surface area contributed by atoms with E-state index in [0.29, 0.717) is 43.2 Å². The van der Waals surface area contributed by atoms with Gasteiger partial charge < -0.3 is 20.0 Å². The Morgan fingerprint density at radius 3 is 1.75 bits per heavy atom. The first-order valence-electron chi connectivity index (χ1n) is 15.3. The number of sulfonamides is 1. The summed E-state index contributed by atoms with van der Waals surface area (Å²) in [5, 5.41) is 2.92. The maximum absolute atomic E-state index is 13.7. The summed E-state index contributed by atoms with van der Waals surface area (Å²) in [6.07, 6.45) is 0.314. The molecule has 0 bridgehead atoms. The molecule has 2 aliphatic rings. The minimum atomic E-state index is -3.69. The fraction of sp³-hybridized carbons (Fsp3) is 0.412. The highest BCUT2D eigenvalue weighted by Crippen LogP contribution is 2.32. The van der Waals surface area contributed by atoms with E-state index >= 15 is 0 Å². The molecule has 9 nitrogen and oxygen atoms in total. The van der Waals surface area contributed by atoms with Crippen molar-refractivity contribution < 1.29 is 18.0 Å². The molecule has 0 unspecified atom stereocenters. The molecule has 1 N–H and O–H groups in total. The van der Waals surface area contributed by atoms with Crippen molar-refractivity contribution in [3.63, 3.8) is 0 Å². The lowest BCUT2D eigenvalue weighted by Crippen LogP contribution is -2.51. The topological polar surface area (TPSA) is 93.3 Å². The van der Waals surface area contributed by atoms with E-state index < -0.39 is 10.0 Å². The molecule has 0 aliphatic carbocycles. The summed E-state index contributed by atoms with van der Waals surface area (Å²) >= 11 is 0. The number of hydrogen-bond acceptors (Lipinski definition) is 5. The fourth-order valence-corrected chi connectivity index (χ4v) is 8.14. The third kappa shape index (κ3) is 6.46. The zero-order chi connectivity index (χ0) is 31.6. The second-order valence-electron chi connectivity index (χ2n) is 11.9. The van der Waals surface area contributed by atoms with E-state index in [-0.39, 0.29) is 25.0 Å². The van der Waals surface area contributed by atoms with Crippen LogP contribution >= 0.6 is 0 Å². The van der Waals surface area contributed by atoms with Crippen molar-refractivity contribution in [2.24, 2.45) is 0 Å². The Morgan fingerprint density at radius 1 is 0.659 bits per heavy atom. The predicted octanol–water partition coefficient (Wildman–Crippen LogP) is 4.66. The smallest absolute Gasteiger partial charge is 0.321 e. The summed E-state index contributed by atoms with van der Waals surface area (Å²) in [4.78, 5) is 32.2. The zero-order valence-electron chi connectivity index (χ0n) is 26.4. The van der Waals surface area contributed by atoms with E-state index in [1.807, 2.05) is 82.0 Å². The van der Waals surface area contributed by atoms with Crippen LogP contribution in [0.5, 0.6) is 0 Å². The van der Waals surface area contributed by atoms with Crippen LogP contribution in [0.25, 0.3) is 0 Å². The van der Waals surface area contributed by atoms with Crippen molar-refractivity contribution in [3.05, 3.63) is 88.0 Å². The van der Waals surface area contributed by atoms with Crippen molar-refractivity contribution in [1.82, 2.24) is 14.1 Å². The van der Waals surface area contributed by atoms with Gasteiger partial charge in [-0.15, -0.1) is 0 Å². The molecule has 2 saturated heterocycles. The number of carbonyl (C=O) groups is 2. The van der Waals surface area contributed by atoms with Gasteiger partial charge in [0, 0.05) is 63.7 Å². The van der Waals surface area contributed by atoms with Crippen LogP contribution in [0, 0.1) is 34.6 Å². The molecular formula is C34H43N5O4S. The Balaban J connectivity index is 1.12. The molecule has 0 saturated carbocycles. The van der Waals surface area contributed by atoms with Gasteiger partial charge in [0.15, 0.2) is 0 Å². The van der Waals surface area contributed by atoms with E-state index in [4.69, 9.17) is 0 Å². The van der Waals surface area contributed by atoms with Crippen molar-refractivity contribution in [2.45, 2.75) is 45.9 Å². The Labute approximate surface area is 261 Å². The molecule has 10 heteroatoms. The lowest BCUT2D eigenvalue weighted by atomic mass is 9.95. The largest absolute Gasteiger partial charge is 0.368 e. The number of benzene rings is 3. The molecule has 5 rings (SSSR count). The summed E-state index contributed by atoms with van der Waals surface area (Å²) in [7, 11) is -3.69. The average Bonchev–Trinajstić information content (AvgIpc) is 3.04. The molecule has 0 atom stereocenters. The van der Waals surface area contributed by atoms with E-state index in [2.05, 4.69) is 22.3 Å². The van der Waals surface area contributed by atoms with Crippen LogP contribution in [0.1, 0.15) is 33.4 Å². The van der Waals surface area contributed by atoms with Crippen LogP contribution in [0.3, 0.4) is 0 Å². The molecule has 0 radical (unpaired) electrons. The highest BCUT2D eigenvalue weighted by Gasteiger charge is 2.33. The van der Waals surface area contributed by atoms with Crippen molar-refractivity contribution in [1.29, 1.82) is 0 Å². The Bertz CT molecular complexity index is 1600. The third-order valence-corrected chi connectivity index (χ3v) is 11.5. The molecule has 2 aliphatic heterocycles. The highest BCUT2D eigenvalue weighted by molar-refractivity contribution is 7.89. The summed E-state index contributed by atoms with van der Waals surface area (Å²) in [5.74, 6) is 0.101. The maximum atomic E-state index is 13.7. The van der Waals surface area contributed by atoms with Gasteiger partial charge in [0.25, 0.3) is 0 Å². The van der Waals surface area contributed by atoms with Crippen molar-refractivity contribution in [3.8, 4) is 0 Å². The minimum Gasteiger partial charge on any atom is -0.368 e. The number of nitrogens with zero attached hydrogens (tertiary/aromatic N) is 4. The molecule has 2 heterocycles. The van der Waals surface area contributed by atoms with Gasteiger partial charge in [-0.1, -0.05) is 30.3 Å². The predicted molar refractivity (Wildman–Crippen MR) is 175 cm³/mol. The second kappa shape index (κ2) is 13.0. The zero-order valence-corrected chi connectivity index (χ0v) is 27.2. The average molecular weight is 618 g/mol. The molecule has 3 amide bonds. The summed E-state index contributed by atoms with van der Waals surface area (Å²) in [5.41, 5.74) is 7.42. The van der Waals surface area contributed by atoms with Gasteiger partial charge in [-0.05, 0) is 92.3 Å². The van der Waals surface area contributed by atoms with E-state index in [9.17, 15) is 18.0 Å². The number of piperazine rings is 2. The van der Waals surface area contributed by atoms with Crippen LogP contribution < -0.4 is 10.2 Å². The van der Waals surface area contributed by atoms with Gasteiger partial charge in [-0.25, -0.2) is 13.2 Å². The Kier molecular flexibility index (Phi) is 9.31. The lowest BCUT2D eigenvalue weighted by Gasteiger charge is -2.36. The molecule has 0 spiro atoms. The van der Waals surface area contributed by atoms with Crippen molar-refractivity contribution in [2.75, 3.05) is 62.6 Å². The summed E-state index contributed by atoms with van der Waals surface area (Å²) in [6, 6.07) is 17.3. The van der Waals surface area contributed by atoms with Crippen LogP contribution in [0.4, 0.5) is 16.2 Å². The minimum absolute atomic E-state index is 0.101. The van der Waals surface area contributed by atoms with Crippen LogP contribution in [0.15, 0.2) is 59.5 Å². The van der Waals surface area contributed by atoms with Crippen LogP contribution in [-0.4, -0.2) is 86.8 Å². The van der Waals surface area contributed by atoms with Gasteiger partial charge in [-0.2, -0.15) is 4.31 Å². The number of hydrogen-bond donors (Lipinski definition) is 1. The molecule has 2 fully saturated rings. The maximum Gasteiger partial charge on any atom is 0.321 e. The number of rotatable bonds is 6. The Morgan fingerprint density at radius 2 is 1.18 bits per heavy atom. The number of urea groups is 1. The molecule has 0 aromatic heterocycles. The van der Waals surface area contributed by atoms with E-state index in [0.717, 1.165) is 46.5 Å². The first-order chi connectivity index (χ1) is 21.0. The molecule has 234 valence electrons. The number of para-hydroxylation sites is 1. The highest BCUT2D eigenvalue weighted by atomic mass is 32.2. The van der Waals surface area contributed by atoms with Crippen LogP contribution in [0.2, 0.25) is 0 Å². The molecule has 3 aromatic rings. The number of carbonyl (C=O) groups excluding carboxylic acids is 2. The fourth-order valence-electron chi connectivity index (χ4n) is 6.16. The lowest BCUT2D eigenvalue weighted by molar-refractivity contribution is -0.130. The summed E-state index contributed by atoms with van der Waals surface area (Å²) in [6.45, 7) is 13.8.